The fraction of sp³-hybridized carbons (Fsp3) is 0.571. The minimum atomic E-state index is 0.391. The van der Waals surface area contributed by atoms with Gasteiger partial charge in [0.15, 0.2) is 5.17 Å². The smallest absolute Gasteiger partial charge is 0.246 e. The fourth-order valence-corrected chi connectivity index (χ4v) is 1.90. The standard InChI is InChI=1S/C7H12N6S/c1-12(2)6-10-5(8)13(11-6)7-9-3-4-14-7/h3-4H2,1-2H3,(H2,8,10,11). The predicted octanol–water partition coefficient (Wildman–Crippen LogP) is -0.123. The number of rotatable bonds is 1. The molecule has 0 aliphatic carbocycles. The normalized spacial score (nSPS) is 15.7. The molecule has 0 fully saturated rings. The van der Waals surface area contributed by atoms with Crippen LogP contribution in [0.4, 0.5) is 11.9 Å². The molecule has 0 spiro atoms. The Hall–Kier alpha value is -1.24. The summed E-state index contributed by atoms with van der Waals surface area (Å²) in [4.78, 5) is 10.2. The van der Waals surface area contributed by atoms with Gasteiger partial charge in [-0.3, -0.25) is 4.99 Å². The van der Waals surface area contributed by atoms with Gasteiger partial charge in [-0.05, 0) is 0 Å². The van der Waals surface area contributed by atoms with Crippen molar-refractivity contribution in [3.63, 3.8) is 0 Å². The summed E-state index contributed by atoms with van der Waals surface area (Å²) >= 11 is 1.65. The van der Waals surface area contributed by atoms with E-state index in [9.17, 15) is 0 Å². The third kappa shape index (κ3) is 1.54. The van der Waals surface area contributed by atoms with Crippen LogP contribution in [0.1, 0.15) is 0 Å². The van der Waals surface area contributed by atoms with Gasteiger partial charge in [0.05, 0.1) is 6.54 Å². The first-order valence-electron chi connectivity index (χ1n) is 4.26. The van der Waals surface area contributed by atoms with E-state index in [-0.39, 0.29) is 0 Å². The predicted molar refractivity (Wildman–Crippen MR) is 58.9 cm³/mol. The molecular weight excluding hydrogens is 200 g/mol. The molecule has 0 saturated heterocycles. The van der Waals surface area contributed by atoms with Crippen LogP contribution >= 0.6 is 11.8 Å². The van der Waals surface area contributed by atoms with Gasteiger partial charge in [-0.2, -0.15) is 9.67 Å². The van der Waals surface area contributed by atoms with Crippen molar-refractivity contribution in [1.82, 2.24) is 14.8 Å². The van der Waals surface area contributed by atoms with E-state index >= 15 is 0 Å². The maximum atomic E-state index is 5.73. The lowest BCUT2D eigenvalue weighted by Crippen LogP contribution is -2.13. The monoisotopic (exact) mass is 212 g/mol. The van der Waals surface area contributed by atoms with Gasteiger partial charge in [-0.1, -0.05) is 11.8 Å². The van der Waals surface area contributed by atoms with E-state index in [1.807, 2.05) is 19.0 Å². The molecule has 1 aromatic rings. The minimum absolute atomic E-state index is 0.391. The number of anilines is 2. The number of nitrogens with two attached hydrogens (primary N) is 1. The molecule has 0 bridgehead atoms. The summed E-state index contributed by atoms with van der Waals surface area (Å²) in [7, 11) is 3.76. The Morgan fingerprint density at radius 3 is 2.79 bits per heavy atom. The van der Waals surface area contributed by atoms with Crippen molar-refractivity contribution in [3.05, 3.63) is 0 Å². The Bertz CT molecular complexity index is 368. The van der Waals surface area contributed by atoms with Crippen molar-refractivity contribution in [2.24, 2.45) is 4.99 Å². The summed E-state index contributed by atoms with van der Waals surface area (Å²) < 4.78 is 1.59. The topological polar surface area (TPSA) is 72.3 Å². The highest BCUT2D eigenvalue weighted by Gasteiger charge is 2.16. The van der Waals surface area contributed by atoms with E-state index < -0.39 is 0 Å². The minimum Gasteiger partial charge on any atom is -0.368 e. The maximum absolute atomic E-state index is 5.73. The van der Waals surface area contributed by atoms with E-state index in [2.05, 4.69) is 15.1 Å². The summed E-state index contributed by atoms with van der Waals surface area (Å²) in [5.74, 6) is 1.99. The van der Waals surface area contributed by atoms with Gasteiger partial charge in [0.1, 0.15) is 0 Å². The summed E-state index contributed by atoms with van der Waals surface area (Å²) in [5, 5.41) is 5.08. The van der Waals surface area contributed by atoms with Crippen LogP contribution in [-0.2, 0) is 0 Å². The van der Waals surface area contributed by atoms with Crippen molar-refractivity contribution < 1.29 is 0 Å². The number of thioether (sulfide) groups is 1. The summed E-state index contributed by atoms with van der Waals surface area (Å²) in [6, 6.07) is 0. The molecule has 0 radical (unpaired) electrons. The molecule has 76 valence electrons. The molecule has 1 aliphatic heterocycles. The number of hydrogen-bond acceptors (Lipinski definition) is 6. The second-order valence-corrected chi connectivity index (χ2v) is 4.15. The average Bonchev–Trinajstić information content (AvgIpc) is 2.71. The third-order valence-corrected chi connectivity index (χ3v) is 2.72. The number of aromatic nitrogens is 3. The highest BCUT2D eigenvalue weighted by atomic mass is 32.2. The first-order chi connectivity index (χ1) is 6.68. The molecule has 0 atom stereocenters. The quantitative estimate of drug-likeness (QED) is 0.702. The third-order valence-electron chi connectivity index (χ3n) is 1.77. The molecule has 2 N–H and O–H groups in total. The lowest BCUT2D eigenvalue weighted by molar-refractivity contribution is 0.924. The Kier molecular flexibility index (Phi) is 2.32. The van der Waals surface area contributed by atoms with E-state index in [0.29, 0.717) is 11.9 Å². The fourth-order valence-electron chi connectivity index (χ4n) is 1.10. The zero-order chi connectivity index (χ0) is 10.1. The van der Waals surface area contributed by atoms with Crippen molar-refractivity contribution in [2.45, 2.75) is 0 Å². The lowest BCUT2D eigenvalue weighted by atomic mass is 10.8. The largest absolute Gasteiger partial charge is 0.368 e. The summed E-state index contributed by atoms with van der Waals surface area (Å²) in [6.45, 7) is 0.830. The van der Waals surface area contributed by atoms with Crippen LogP contribution in [0.2, 0.25) is 0 Å². The van der Waals surface area contributed by atoms with Crippen LogP contribution in [0.25, 0.3) is 0 Å². The first kappa shape index (κ1) is 9.32. The van der Waals surface area contributed by atoms with Crippen molar-refractivity contribution in [3.8, 4) is 0 Å². The molecule has 7 heteroatoms. The first-order valence-corrected chi connectivity index (χ1v) is 5.24. The van der Waals surface area contributed by atoms with Crippen molar-refractivity contribution >= 4 is 28.8 Å². The van der Waals surface area contributed by atoms with Gasteiger partial charge in [-0.25, -0.2) is 0 Å². The van der Waals surface area contributed by atoms with Crippen LogP contribution in [0.15, 0.2) is 4.99 Å². The Balaban J connectivity index is 2.33. The highest BCUT2D eigenvalue weighted by Crippen LogP contribution is 2.17. The van der Waals surface area contributed by atoms with Crippen LogP contribution in [0.5, 0.6) is 0 Å². The molecular formula is C7H12N6S. The number of hydrogen-bond donors (Lipinski definition) is 1. The molecule has 6 nitrogen and oxygen atoms in total. The van der Waals surface area contributed by atoms with Gasteiger partial charge in [0.25, 0.3) is 0 Å². The van der Waals surface area contributed by atoms with E-state index in [0.717, 1.165) is 17.5 Å². The summed E-state index contributed by atoms with van der Waals surface area (Å²) in [5.41, 5.74) is 5.73. The average molecular weight is 212 g/mol. The molecule has 2 rings (SSSR count). The van der Waals surface area contributed by atoms with Crippen molar-refractivity contribution in [1.29, 1.82) is 0 Å². The second-order valence-electron chi connectivity index (χ2n) is 3.09. The highest BCUT2D eigenvalue weighted by molar-refractivity contribution is 8.14. The molecule has 14 heavy (non-hydrogen) atoms. The number of nitrogens with zero attached hydrogens (tertiary/aromatic N) is 5. The molecule has 1 aliphatic rings. The molecule has 0 amide bonds. The Labute approximate surface area is 86.2 Å². The van der Waals surface area contributed by atoms with E-state index in [1.165, 1.54) is 0 Å². The SMILES string of the molecule is CN(C)c1nc(N)n(C2=NCCS2)n1. The van der Waals surface area contributed by atoms with E-state index in [4.69, 9.17) is 5.73 Å². The van der Waals surface area contributed by atoms with Gasteiger partial charge in [0.2, 0.25) is 11.9 Å². The van der Waals surface area contributed by atoms with Crippen LogP contribution in [0.3, 0.4) is 0 Å². The zero-order valence-electron chi connectivity index (χ0n) is 8.14. The van der Waals surface area contributed by atoms with Crippen LogP contribution < -0.4 is 10.6 Å². The zero-order valence-corrected chi connectivity index (χ0v) is 8.95. The maximum Gasteiger partial charge on any atom is 0.246 e. The Morgan fingerprint density at radius 2 is 2.29 bits per heavy atom. The molecule has 2 heterocycles. The second kappa shape index (κ2) is 3.49. The molecule has 0 saturated carbocycles. The van der Waals surface area contributed by atoms with Gasteiger partial charge >= 0.3 is 0 Å². The Morgan fingerprint density at radius 1 is 1.50 bits per heavy atom. The van der Waals surface area contributed by atoms with E-state index in [1.54, 1.807) is 16.4 Å². The van der Waals surface area contributed by atoms with Gasteiger partial charge in [0, 0.05) is 19.8 Å². The molecule has 0 unspecified atom stereocenters. The van der Waals surface area contributed by atoms with Crippen LogP contribution in [0, 0.1) is 0 Å². The van der Waals surface area contributed by atoms with Gasteiger partial charge in [-0.15, -0.1) is 5.10 Å². The van der Waals surface area contributed by atoms with Crippen molar-refractivity contribution in [2.75, 3.05) is 37.0 Å². The number of aliphatic imine (C=N–C) groups is 1. The lowest BCUT2D eigenvalue weighted by Gasteiger charge is -2.04. The van der Waals surface area contributed by atoms with Gasteiger partial charge < -0.3 is 10.6 Å². The van der Waals surface area contributed by atoms with Crippen LogP contribution in [-0.4, -0.2) is 46.3 Å². The molecule has 1 aromatic heterocycles. The number of nitrogen functional groups attached to an aromatic ring is 1. The molecule has 0 aromatic carbocycles. The summed E-state index contributed by atoms with van der Waals surface area (Å²) in [6.07, 6.45) is 0.